The number of methoxy groups -OCH3 is 1. The van der Waals surface area contributed by atoms with Crippen molar-refractivity contribution in [1.29, 1.82) is 0 Å². The Hall–Kier alpha value is -1.91. The smallest absolute Gasteiger partial charge is 0.194 e. The van der Waals surface area contributed by atoms with E-state index in [2.05, 4.69) is 17.1 Å². The van der Waals surface area contributed by atoms with E-state index >= 15 is 0 Å². The van der Waals surface area contributed by atoms with Gasteiger partial charge in [0.05, 0.1) is 13.7 Å². The number of hydrogen-bond donors (Lipinski definition) is 2. The molecule has 0 aromatic heterocycles. The molecule has 2 N–H and O–H groups in total. The van der Waals surface area contributed by atoms with E-state index in [9.17, 15) is 5.11 Å². The number of aromatic hydroxyl groups is 1. The van der Waals surface area contributed by atoms with Crippen LogP contribution in [0.3, 0.4) is 0 Å². The lowest BCUT2D eigenvalue weighted by molar-refractivity contribution is 0.151. The van der Waals surface area contributed by atoms with Crippen LogP contribution in [0, 0.1) is 5.41 Å². The van der Waals surface area contributed by atoms with Crippen molar-refractivity contribution in [3.63, 3.8) is 0 Å². The summed E-state index contributed by atoms with van der Waals surface area (Å²) in [6.45, 7) is 5.59. The number of guanidine groups is 1. The number of likely N-dealkylation sites (tertiary alicyclic amines) is 1. The normalized spacial score (nSPS) is 19.7. The zero-order chi connectivity index (χ0) is 16.3. The highest BCUT2D eigenvalue weighted by Crippen LogP contribution is 2.47. The van der Waals surface area contributed by atoms with E-state index in [0.717, 1.165) is 31.2 Å². The lowest BCUT2D eigenvalue weighted by atomic mass is 9.68. The van der Waals surface area contributed by atoms with Gasteiger partial charge in [-0.3, -0.25) is 0 Å². The number of hydrogen-bond acceptors (Lipinski definition) is 3. The highest BCUT2D eigenvalue weighted by atomic mass is 16.5. The van der Waals surface area contributed by atoms with Gasteiger partial charge in [0, 0.05) is 25.2 Å². The maximum atomic E-state index is 10.2. The van der Waals surface area contributed by atoms with E-state index in [4.69, 9.17) is 9.73 Å². The number of rotatable bonds is 4. The van der Waals surface area contributed by atoms with Crippen molar-refractivity contribution in [3.05, 3.63) is 23.8 Å². The van der Waals surface area contributed by atoms with E-state index in [0.29, 0.717) is 17.7 Å². The van der Waals surface area contributed by atoms with E-state index in [1.165, 1.54) is 25.7 Å². The van der Waals surface area contributed by atoms with Gasteiger partial charge in [-0.25, -0.2) is 4.99 Å². The van der Waals surface area contributed by atoms with Gasteiger partial charge in [-0.1, -0.05) is 18.6 Å². The lowest BCUT2D eigenvalue weighted by Crippen LogP contribution is -2.42. The van der Waals surface area contributed by atoms with E-state index in [1.807, 2.05) is 12.1 Å². The fourth-order valence-electron chi connectivity index (χ4n) is 3.65. The average Bonchev–Trinajstić information content (AvgIpc) is 2.98. The molecule has 1 aromatic carbocycles. The largest absolute Gasteiger partial charge is 0.504 e. The SMILES string of the molecule is CCNC(=NCc1cccc(OC)c1O)N1CCC2(CCC2)C1. The molecule has 2 aliphatic rings. The predicted molar refractivity (Wildman–Crippen MR) is 91.9 cm³/mol. The number of nitrogens with zero attached hydrogens (tertiary/aromatic N) is 2. The number of phenols is 1. The number of nitrogens with one attached hydrogen (secondary N) is 1. The molecule has 1 saturated heterocycles. The first-order chi connectivity index (χ1) is 11.2. The molecular formula is C18H27N3O2. The van der Waals surface area contributed by atoms with E-state index in [-0.39, 0.29) is 5.75 Å². The van der Waals surface area contributed by atoms with Gasteiger partial charge in [0.2, 0.25) is 0 Å². The van der Waals surface area contributed by atoms with Gasteiger partial charge >= 0.3 is 0 Å². The summed E-state index contributed by atoms with van der Waals surface area (Å²) in [5.41, 5.74) is 1.34. The van der Waals surface area contributed by atoms with Crippen LogP contribution in [0.25, 0.3) is 0 Å². The molecule has 2 fully saturated rings. The summed E-state index contributed by atoms with van der Waals surface area (Å²) in [5.74, 6) is 1.64. The van der Waals surface area contributed by atoms with E-state index in [1.54, 1.807) is 13.2 Å². The first-order valence-corrected chi connectivity index (χ1v) is 8.55. The summed E-state index contributed by atoms with van der Waals surface area (Å²) < 4.78 is 5.16. The Bertz CT molecular complexity index is 582. The minimum absolute atomic E-state index is 0.187. The van der Waals surface area contributed by atoms with Gasteiger partial charge in [-0.05, 0) is 37.7 Å². The molecule has 23 heavy (non-hydrogen) atoms. The molecule has 1 heterocycles. The molecule has 1 aromatic rings. The van der Waals surface area contributed by atoms with Gasteiger partial charge in [-0.15, -0.1) is 0 Å². The predicted octanol–water partition coefficient (Wildman–Crippen LogP) is 2.74. The lowest BCUT2D eigenvalue weighted by Gasteiger charge is -2.38. The molecule has 0 bridgehead atoms. The fraction of sp³-hybridized carbons (Fsp3) is 0.611. The second-order valence-corrected chi connectivity index (χ2v) is 6.66. The van der Waals surface area contributed by atoms with E-state index < -0.39 is 0 Å². The molecule has 5 nitrogen and oxygen atoms in total. The van der Waals surface area contributed by atoms with Crippen LogP contribution in [-0.4, -0.2) is 42.7 Å². The second kappa shape index (κ2) is 6.69. The van der Waals surface area contributed by atoms with Crippen molar-refractivity contribution in [2.75, 3.05) is 26.7 Å². The molecule has 1 saturated carbocycles. The third-order valence-corrected chi connectivity index (χ3v) is 5.19. The molecule has 0 radical (unpaired) electrons. The van der Waals surface area contributed by atoms with Crippen LogP contribution in [0.5, 0.6) is 11.5 Å². The van der Waals surface area contributed by atoms with Gasteiger partial charge in [0.25, 0.3) is 0 Å². The Morgan fingerprint density at radius 3 is 2.83 bits per heavy atom. The monoisotopic (exact) mass is 317 g/mol. The fourth-order valence-corrected chi connectivity index (χ4v) is 3.65. The second-order valence-electron chi connectivity index (χ2n) is 6.66. The third kappa shape index (κ3) is 3.23. The molecule has 5 heteroatoms. The Balaban J connectivity index is 1.72. The van der Waals surface area contributed by atoms with Crippen LogP contribution >= 0.6 is 0 Å². The highest BCUT2D eigenvalue weighted by Gasteiger charge is 2.43. The number of benzene rings is 1. The van der Waals surface area contributed by atoms with Gasteiger partial charge in [-0.2, -0.15) is 0 Å². The van der Waals surface area contributed by atoms with Crippen molar-refractivity contribution in [2.24, 2.45) is 10.4 Å². The van der Waals surface area contributed by atoms with Crippen LogP contribution in [0.1, 0.15) is 38.2 Å². The Morgan fingerprint density at radius 2 is 2.22 bits per heavy atom. The number of ether oxygens (including phenoxy) is 1. The number of aliphatic imine (C=N–C) groups is 1. The number of para-hydroxylation sites is 1. The highest BCUT2D eigenvalue weighted by molar-refractivity contribution is 5.80. The molecule has 126 valence electrons. The summed E-state index contributed by atoms with van der Waals surface area (Å²) in [6, 6.07) is 5.53. The Labute approximate surface area is 138 Å². The molecule has 0 atom stereocenters. The molecule has 1 aliphatic carbocycles. The van der Waals surface area contributed by atoms with Crippen LogP contribution in [0.4, 0.5) is 0 Å². The molecule has 1 spiro atoms. The maximum absolute atomic E-state index is 10.2. The summed E-state index contributed by atoms with van der Waals surface area (Å²) in [6.07, 6.45) is 5.38. The Morgan fingerprint density at radius 1 is 1.39 bits per heavy atom. The zero-order valence-electron chi connectivity index (χ0n) is 14.1. The molecular weight excluding hydrogens is 290 g/mol. The summed E-state index contributed by atoms with van der Waals surface area (Å²) in [5, 5.41) is 13.6. The molecule has 3 rings (SSSR count). The quantitative estimate of drug-likeness (QED) is 0.662. The first kappa shape index (κ1) is 16.0. The van der Waals surface area contributed by atoms with Crippen molar-refractivity contribution in [3.8, 4) is 11.5 Å². The van der Waals surface area contributed by atoms with Crippen LogP contribution in [0.2, 0.25) is 0 Å². The van der Waals surface area contributed by atoms with Crippen molar-refractivity contribution in [1.82, 2.24) is 10.2 Å². The van der Waals surface area contributed by atoms with Crippen LogP contribution in [-0.2, 0) is 6.54 Å². The summed E-state index contributed by atoms with van der Waals surface area (Å²) >= 11 is 0. The summed E-state index contributed by atoms with van der Waals surface area (Å²) in [7, 11) is 1.56. The van der Waals surface area contributed by atoms with Gasteiger partial charge < -0.3 is 20.1 Å². The third-order valence-electron chi connectivity index (χ3n) is 5.19. The van der Waals surface area contributed by atoms with Crippen LogP contribution < -0.4 is 10.1 Å². The van der Waals surface area contributed by atoms with Crippen molar-refractivity contribution < 1.29 is 9.84 Å². The minimum atomic E-state index is 0.187. The zero-order valence-corrected chi connectivity index (χ0v) is 14.1. The Kier molecular flexibility index (Phi) is 4.64. The standard InChI is InChI=1S/C18H27N3O2/c1-3-19-17(21-11-10-18(13-21)8-5-9-18)20-12-14-6-4-7-15(23-2)16(14)22/h4,6-7,22H,3,5,8-13H2,1-2H3,(H,19,20). The maximum Gasteiger partial charge on any atom is 0.194 e. The molecule has 0 unspecified atom stereocenters. The number of phenolic OH excluding ortho intramolecular Hbond substituents is 1. The minimum Gasteiger partial charge on any atom is -0.504 e. The molecule has 0 amide bonds. The topological polar surface area (TPSA) is 57.1 Å². The summed E-state index contributed by atoms with van der Waals surface area (Å²) in [4.78, 5) is 7.12. The first-order valence-electron chi connectivity index (χ1n) is 8.55. The van der Waals surface area contributed by atoms with Gasteiger partial charge in [0.1, 0.15) is 0 Å². The average molecular weight is 317 g/mol. The van der Waals surface area contributed by atoms with Gasteiger partial charge in [0.15, 0.2) is 17.5 Å². The van der Waals surface area contributed by atoms with Crippen molar-refractivity contribution >= 4 is 5.96 Å². The van der Waals surface area contributed by atoms with Crippen molar-refractivity contribution in [2.45, 2.75) is 39.2 Å². The molecule has 1 aliphatic heterocycles. The van der Waals surface area contributed by atoms with Crippen LogP contribution in [0.15, 0.2) is 23.2 Å².